The molecule has 1 aromatic carbocycles. The Kier molecular flexibility index (Phi) is 2.80. The molecule has 21 heavy (non-hydrogen) atoms. The molecular weight excluding hydrogens is 266 g/mol. The number of para-hydroxylation sites is 1. The molecule has 0 saturated heterocycles. The van der Waals surface area contributed by atoms with Crippen molar-refractivity contribution in [2.75, 3.05) is 0 Å². The summed E-state index contributed by atoms with van der Waals surface area (Å²) in [7, 11) is 0. The second-order valence-corrected chi connectivity index (χ2v) is 6.04. The SMILES string of the molecule is O=C(N=Nc1c(O)[nH]c2ccccc12)C1[C@H]2CCCC[C@@H]12. The van der Waals surface area contributed by atoms with Crippen LogP contribution < -0.4 is 0 Å². The third kappa shape index (κ3) is 2.04. The van der Waals surface area contributed by atoms with Crippen LogP contribution in [0.3, 0.4) is 0 Å². The topological polar surface area (TPSA) is 77.8 Å². The van der Waals surface area contributed by atoms with Crippen molar-refractivity contribution in [3.63, 3.8) is 0 Å². The Hall–Kier alpha value is -2.17. The highest BCUT2D eigenvalue weighted by Crippen LogP contribution is 2.56. The Labute approximate surface area is 122 Å². The van der Waals surface area contributed by atoms with Crippen LogP contribution in [0.4, 0.5) is 5.69 Å². The largest absolute Gasteiger partial charge is 0.493 e. The van der Waals surface area contributed by atoms with Gasteiger partial charge < -0.3 is 10.1 Å². The normalized spacial score (nSPS) is 27.9. The second-order valence-electron chi connectivity index (χ2n) is 6.04. The van der Waals surface area contributed by atoms with Gasteiger partial charge in [-0.15, -0.1) is 10.2 Å². The van der Waals surface area contributed by atoms with Gasteiger partial charge in [0.2, 0.25) is 5.88 Å². The van der Waals surface area contributed by atoms with E-state index in [0.29, 0.717) is 17.5 Å². The number of fused-ring (bicyclic) bond motifs is 2. The van der Waals surface area contributed by atoms with Crippen molar-refractivity contribution in [1.29, 1.82) is 0 Å². The van der Waals surface area contributed by atoms with Crippen LogP contribution >= 0.6 is 0 Å². The third-order valence-corrected chi connectivity index (χ3v) is 4.85. The molecule has 2 aliphatic rings. The van der Waals surface area contributed by atoms with Crippen molar-refractivity contribution in [2.45, 2.75) is 25.7 Å². The lowest BCUT2D eigenvalue weighted by Gasteiger charge is -2.04. The van der Waals surface area contributed by atoms with Crippen LogP contribution in [0.2, 0.25) is 0 Å². The van der Waals surface area contributed by atoms with Gasteiger partial charge >= 0.3 is 0 Å². The van der Waals surface area contributed by atoms with Crippen molar-refractivity contribution >= 4 is 22.5 Å². The fraction of sp³-hybridized carbons (Fsp3) is 0.438. The van der Waals surface area contributed by atoms with Gasteiger partial charge in [-0.1, -0.05) is 31.0 Å². The molecular formula is C16H17N3O2. The molecule has 1 heterocycles. The maximum atomic E-state index is 12.2. The minimum absolute atomic E-state index is 0.0408. The Morgan fingerprint density at radius 1 is 1.19 bits per heavy atom. The van der Waals surface area contributed by atoms with E-state index in [2.05, 4.69) is 15.2 Å². The van der Waals surface area contributed by atoms with Gasteiger partial charge in [-0.25, -0.2) is 0 Å². The number of rotatable bonds is 2. The maximum absolute atomic E-state index is 12.2. The van der Waals surface area contributed by atoms with Crippen LogP contribution in [0.15, 0.2) is 34.5 Å². The number of nitrogens with one attached hydrogen (secondary N) is 1. The highest BCUT2D eigenvalue weighted by Gasteiger charge is 2.54. The molecule has 108 valence electrons. The highest BCUT2D eigenvalue weighted by atomic mass is 16.3. The fourth-order valence-corrected chi connectivity index (χ4v) is 3.74. The first-order valence-corrected chi connectivity index (χ1v) is 7.51. The first kappa shape index (κ1) is 12.6. The molecule has 2 fully saturated rings. The summed E-state index contributed by atoms with van der Waals surface area (Å²) in [5.41, 5.74) is 1.14. The molecule has 3 atom stereocenters. The third-order valence-electron chi connectivity index (χ3n) is 4.85. The fourth-order valence-electron chi connectivity index (χ4n) is 3.74. The second kappa shape index (κ2) is 4.69. The summed E-state index contributed by atoms with van der Waals surface area (Å²) in [6.07, 6.45) is 4.75. The number of benzene rings is 1. The number of amides is 1. The number of nitrogens with zero attached hydrogens (tertiary/aromatic N) is 2. The van der Waals surface area contributed by atoms with Crippen LogP contribution in [0.25, 0.3) is 10.9 Å². The molecule has 0 bridgehead atoms. The smallest absolute Gasteiger partial charge is 0.268 e. The van der Waals surface area contributed by atoms with E-state index in [4.69, 9.17) is 0 Å². The van der Waals surface area contributed by atoms with E-state index in [1.807, 2.05) is 24.3 Å². The minimum Gasteiger partial charge on any atom is -0.493 e. The van der Waals surface area contributed by atoms with E-state index < -0.39 is 0 Å². The lowest BCUT2D eigenvalue weighted by Crippen LogP contribution is -1.97. The number of carbonyl (C=O) groups is 1. The highest BCUT2D eigenvalue weighted by molar-refractivity contribution is 5.94. The van der Waals surface area contributed by atoms with Gasteiger partial charge in [0.05, 0.1) is 5.52 Å². The van der Waals surface area contributed by atoms with E-state index >= 15 is 0 Å². The van der Waals surface area contributed by atoms with Gasteiger partial charge in [0, 0.05) is 11.3 Å². The summed E-state index contributed by atoms with van der Waals surface area (Å²) in [6, 6.07) is 7.44. The van der Waals surface area contributed by atoms with E-state index in [1.165, 1.54) is 12.8 Å². The van der Waals surface area contributed by atoms with Gasteiger partial charge in [-0.05, 0) is 30.7 Å². The zero-order valence-electron chi connectivity index (χ0n) is 11.6. The summed E-state index contributed by atoms with van der Waals surface area (Å²) in [4.78, 5) is 15.0. The molecule has 0 radical (unpaired) electrons. The molecule has 2 aromatic rings. The lowest BCUT2D eigenvalue weighted by molar-refractivity contribution is -0.120. The summed E-state index contributed by atoms with van der Waals surface area (Å²) in [6.45, 7) is 0. The van der Waals surface area contributed by atoms with Crippen molar-refractivity contribution in [2.24, 2.45) is 28.0 Å². The molecule has 5 nitrogen and oxygen atoms in total. The number of hydrogen-bond acceptors (Lipinski definition) is 3. The van der Waals surface area contributed by atoms with Gasteiger partial charge in [0.1, 0.15) is 0 Å². The van der Waals surface area contributed by atoms with Crippen LogP contribution in [0.1, 0.15) is 25.7 Å². The zero-order valence-corrected chi connectivity index (χ0v) is 11.6. The van der Waals surface area contributed by atoms with Crippen LogP contribution in [-0.4, -0.2) is 16.0 Å². The first-order chi connectivity index (χ1) is 10.3. The van der Waals surface area contributed by atoms with Crippen molar-refractivity contribution < 1.29 is 9.90 Å². The Morgan fingerprint density at radius 2 is 1.90 bits per heavy atom. The van der Waals surface area contributed by atoms with Crippen molar-refractivity contribution in [1.82, 2.24) is 4.98 Å². The molecule has 5 heteroatoms. The van der Waals surface area contributed by atoms with E-state index in [1.54, 1.807) is 0 Å². The zero-order chi connectivity index (χ0) is 14.4. The Bertz CT molecular complexity index is 722. The summed E-state index contributed by atoms with van der Waals surface area (Å²) in [5.74, 6) is 0.963. The molecule has 0 aliphatic heterocycles. The molecule has 0 spiro atoms. The molecule has 4 rings (SSSR count). The number of aromatic nitrogens is 1. The van der Waals surface area contributed by atoms with Gasteiger partial charge in [0.15, 0.2) is 5.69 Å². The van der Waals surface area contributed by atoms with Crippen molar-refractivity contribution in [3.05, 3.63) is 24.3 Å². The van der Waals surface area contributed by atoms with E-state index in [-0.39, 0.29) is 17.7 Å². The average Bonchev–Trinajstić information content (AvgIpc) is 3.14. The lowest BCUT2D eigenvalue weighted by atomic mass is 10.0. The number of carbonyl (C=O) groups excluding carboxylic acids is 1. The van der Waals surface area contributed by atoms with Crippen LogP contribution in [0, 0.1) is 17.8 Å². The number of hydrogen-bond donors (Lipinski definition) is 2. The number of aromatic amines is 1. The number of H-pyrrole nitrogens is 1. The number of azo groups is 1. The average molecular weight is 283 g/mol. The molecule has 2 saturated carbocycles. The quantitative estimate of drug-likeness (QED) is 0.819. The maximum Gasteiger partial charge on any atom is 0.268 e. The molecule has 2 aliphatic carbocycles. The Balaban J connectivity index is 1.57. The summed E-state index contributed by atoms with van der Waals surface area (Å²) in [5, 5.41) is 18.5. The summed E-state index contributed by atoms with van der Waals surface area (Å²) >= 11 is 0. The standard InChI is InChI=1S/C16H17N3O2/c20-15(13-9-5-1-2-6-10(9)13)19-18-14-11-7-3-4-8-12(11)17-16(14)21/h3-4,7-10,13,17,21H,1-2,5-6H2/t9-,10+,13?. The molecule has 1 amide bonds. The van der Waals surface area contributed by atoms with Crippen LogP contribution in [0.5, 0.6) is 5.88 Å². The van der Waals surface area contributed by atoms with E-state index in [0.717, 1.165) is 23.7 Å². The monoisotopic (exact) mass is 283 g/mol. The molecule has 1 unspecified atom stereocenters. The summed E-state index contributed by atoms with van der Waals surface area (Å²) < 4.78 is 0. The van der Waals surface area contributed by atoms with Crippen molar-refractivity contribution in [3.8, 4) is 5.88 Å². The van der Waals surface area contributed by atoms with Gasteiger partial charge in [-0.3, -0.25) is 4.79 Å². The molecule has 2 N–H and O–H groups in total. The Morgan fingerprint density at radius 3 is 2.67 bits per heavy atom. The van der Waals surface area contributed by atoms with Gasteiger partial charge in [-0.2, -0.15) is 0 Å². The van der Waals surface area contributed by atoms with Crippen LogP contribution in [-0.2, 0) is 4.79 Å². The number of aromatic hydroxyl groups is 1. The predicted octanol–water partition coefficient (Wildman–Crippen LogP) is 3.92. The predicted molar refractivity (Wildman–Crippen MR) is 78.4 cm³/mol. The minimum atomic E-state index is -0.128. The molecule has 1 aromatic heterocycles. The first-order valence-electron chi connectivity index (χ1n) is 7.51. The van der Waals surface area contributed by atoms with E-state index in [9.17, 15) is 9.90 Å². The van der Waals surface area contributed by atoms with Gasteiger partial charge in [0.25, 0.3) is 5.91 Å².